The van der Waals surface area contributed by atoms with Gasteiger partial charge >= 0.3 is 0 Å². The Kier molecular flexibility index (Phi) is 8.03. The lowest BCUT2D eigenvalue weighted by atomic mass is 10.1. The van der Waals surface area contributed by atoms with Crippen molar-refractivity contribution in [3.8, 4) is 0 Å². The van der Waals surface area contributed by atoms with Crippen LogP contribution in [0.1, 0.15) is 41.9 Å². The summed E-state index contributed by atoms with van der Waals surface area (Å²) in [5, 5.41) is 20.1. The van der Waals surface area contributed by atoms with Crippen LogP contribution < -0.4 is 5.43 Å². The fourth-order valence-electron chi connectivity index (χ4n) is 3.72. The third-order valence-corrected chi connectivity index (χ3v) is 7.86. The van der Waals surface area contributed by atoms with Crippen LogP contribution in [0.4, 0.5) is 11.4 Å². The minimum Gasteiger partial charge on any atom is -0.277 e. The van der Waals surface area contributed by atoms with Gasteiger partial charge in [0.05, 0.1) is 29.1 Å². The van der Waals surface area contributed by atoms with Gasteiger partial charge in [0, 0.05) is 36.5 Å². The zero-order valence-electron chi connectivity index (χ0n) is 20.5. The van der Waals surface area contributed by atoms with E-state index in [9.17, 15) is 18.5 Å². The van der Waals surface area contributed by atoms with Gasteiger partial charge in [-0.1, -0.05) is 43.7 Å². The van der Waals surface area contributed by atoms with Crippen molar-refractivity contribution in [1.29, 1.82) is 0 Å². The van der Waals surface area contributed by atoms with Crippen molar-refractivity contribution in [2.75, 3.05) is 18.5 Å². The van der Waals surface area contributed by atoms with E-state index >= 15 is 0 Å². The van der Waals surface area contributed by atoms with E-state index in [-0.39, 0.29) is 29.4 Å². The van der Waals surface area contributed by atoms with E-state index in [4.69, 9.17) is 0 Å². The molecule has 0 unspecified atom stereocenters. The number of nitrogens with zero attached hydrogens (tertiary/aromatic N) is 5. The highest BCUT2D eigenvalue weighted by molar-refractivity contribution is 7.89. The molecule has 1 heterocycles. The van der Waals surface area contributed by atoms with E-state index in [2.05, 4.69) is 39.9 Å². The van der Waals surface area contributed by atoms with Crippen molar-refractivity contribution < 1.29 is 13.3 Å². The maximum atomic E-state index is 13.1. The van der Waals surface area contributed by atoms with Crippen LogP contribution in [0, 0.1) is 30.9 Å². The van der Waals surface area contributed by atoms with Gasteiger partial charge < -0.3 is 0 Å². The number of aryl methyl sites for hydroxylation is 2. The number of nitrogens with one attached hydrogen (secondary N) is 1. The number of nitro groups is 1. The molecule has 0 aliphatic rings. The summed E-state index contributed by atoms with van der Waals surface area (Å²) in [5.74, 6) is 0. The summed E-state index contributed by atoms with van der Waals surface area (Å²) in [4.78, 5) is 10.4. The van der Waals surface area contributed by atoms with Gasteiger partial charge in [-0.2, -0.15) is 14.5 Å². The normalized spacial score (nSPS) is 11.9. The maximum Gasteiger partial charge on any atom is 0.270 e. The van der Waals surface area contributed by atoms with Gasteiger partial charge in [-0.3, -0.25) is 20.2 Å². The summed E-state index contributed by atoms with van der Waals surface area (Å²) in [6.45, 7) is 10.4. The number of rotatable bonds is 10. The second-order valence-corrected chi connectivity index (χ2v) is 10.0. The summed E-state index contributed by atoms with van der Waals surface area (Å²) >= 11 is 0. The lowest BCUT2D eigenvalue weighted by Gasteiger charge is -2.20. The van der Waals surface area contributed by atoms with E-state index in [0.717, 1.165) is 28.6 Å². The van der Waals surface area contributed by atoms with Gasteiger partial charge in [-0.05, 0) is 32.4 Å². The molecule has 0 aliphatic carbocycles. The first-order chi connectivity index (χ1) is 16.6. The Labute approximate surface area is 205 Å². The maximum absolute atomic E-state index is 13.1. The minimum atomic E-state index is -3.96. The van der Waals surface area contributed by atoms with E-state index in [1.165, 1.54) is 22.0 Å². The molecule has 0 bridgehead atoms. The topological polar surface area (TPSA) is 123 Å². The van der Waals surface area contributed by atoms with Gasteiger partial charge in [-0.15, -0.1) is 0 Å². The summed E-state index contributed by atoms with van der Waals surface area (Å²) in [5.41, 5.74) is 7.41. The second-order valence-electron chi connectivity index (χ2n) is 8.12. The largest absolute Gasteiger partial charge is 0.277 e. The van der Waals surface area contributed by atoms with Crippen molar-refractivity contribution in [1.82, 2.24) is 14.1 Å². The third-order valence-electron chi connectivity index (χ3n) is 5.77. The lowest BCUT2D eigenvalue weighted by Crippen LogP contribution is -2.31. The fourth-order valence-corrected chi connectivity index (χ4v) is 5.34. The molecule has 0 amide bonds. The fraction of sp³-hybridized carbons (Fsp3) is 0.333. The molecule has 35 heavy (non-hydrogen) atoms. The highest BCUT2D eigenvalue weighted by atomic mass is 32.2. The van der Waals surface area contributed by atoms with Crippen LogP contribution in [-0.4, -0.2) is 46.7 Å². The summed E-state index contributed by atoms with van der Waals surface area (Å²) in [7, 11) is -3.96. The van der Waals surface area contributed by atoms with E-state index in [1.807, 2.05) is 25.5 Å². The highest BCUT2D eigenvalue weighted by Gasteiger charge is 2.27. The molecule has 0 atom stereocenters. The van der Waals surface area contributed by atoms with Gasteiger partial charge in [0.1, 0.15) is 4.90 Å². The van der Waals surface area contributed by atoms with Crippen molar-refractivity contribution in [3.63, 3.8) is 0 Å². The Morgan fingerprint density at radius 2 is 1.77 bits per heavy atom. The van der Waals surface area contributed by atoms with Crippen LogP contribution >= 0.6 is 0 Å². The second kappa shape index (κ2) is 10.8. The molecule has 1 aromatic heterocycles. The first-order valence-electron chi connectivity index (χ1n) is 11.3. The summed E-state index contributed by atoms with van der Waals surface area (Å²) in [6.07, 6.45) is 1.58. The Balaban J connectivity index is 1.90. The number of benzene rings is 2. The lowest BCUT2D eigenvalue weighted by molar-refractivity contribution is -0.385. The highest BCUT2D eigenvalue weighted by Crippen LogP contribution is 2.29. The van der Waals surface area contributed by atoms with Crippen molar-refractivity contribution in [2.45, 2.75) is 46.1 Å². The molecule has 0 saturated heterocycles. The van der Waals surface area contributed by atoms with E-state index in [0.29, 0.717) is 6.54 Å². The number of hydrogen-bond acceptors (Lipinski definition) is 7. The molecule has 11 heteroatoms. The first kappa shape index (κ1) is 26.0. The van der Waals surface area contributed by atoms with Gasteiger partial charge in [0.15, 0.2) is 0 Å². The van der Waals surface area contributed by atoms with Crippen molar-refractivity contribution in [2.24, 2.45) is 5.10 Å². The van der Waals surface area contributed by atoms with Crippen molar-refractivity contribution >= 4 is 27.6 Å². The molecule has 0 aliphatic heterocycles. The predicted octanol–water partition coefficient (Wildman–Crippen LogP) is 4.24. The average Bonchev–Trinajstić information content (AvgIpc) is 3.08. The molecule has 2 aromatic carbocycles. The van der Waals surface area contributed by atoms with Gasteiger partial charge in [0.2, 0.25) is 10.0 Å². The quantitative estimate of drug-likeness (QED) is 0.253. The van der Waals surface area contributed by atoms with Crippen LogP contribution in [0.15, 0.2) is 52.5 Å². The molecule has 3 rings (SSSR count). The molecule has 0 radical (unpaired) electrons. The summed E-state index contributed by atoms with van der Waals surface area (Å²) < 4.78 is 29.4. The Morgan fingerprint density at radius 3 is 2.37 bits per heavy atom. The molecule has 186 valence electrons. The first-order valence-corrected chi connectivity index (χ1v) is 12.7. The molecule has 3 aromatic rings. The number of anilines is 1. The molecule has 1 N–H and O–H groups in total. The SMILES string of the molecule is CCN(CC)S(=O)(=O)c1cc([N+](=O)[O-])ccc1N/N=C/c1c(C)nn(Cc2ccc(C)cc2)c1C. The molecular formula is C24H30N6O4S. The molecule has 0 saturated carbocycles. The number of hydrogen-bond donors (Lipinski definition) is 1. The van der Waals surface area contributed by atoms with Gasteiger partial charge in [-0.25, -0.2) is 8.42 Å². The molecule has 0 spiro atoms. The number of aromatic nitrogens is 2. The third kappa shape index (κ3) is 5.75. The summed E-state index contributed by atoms with van der Waals surface area (Å²) in [6, 6.07) is 11.9. The van der Waals surface area contributed by atoms with Crippen LogP contribution in [0.25, 0.3) is 0 Å². The Hall–Kier alpha value is -3.57. The molecule has 0 fully saturated rings. The van der Waals surface area contributed by atoms with E-state index < -0.39 is 14.9 Å². The average molecular weight is 499 g/mol. The predicted molar refractivity (Wildman–Crippen MR) is 136 cm³/mol. The van der Waals surface area contributed by atoms with Crippen LogP contribution in [0.3, 0.4) is 0 Å². The standard InChI is InChI=1S/C24H30N6O4S/c1-6-28(7-2)35(33,34)24-14-21(30(31)32)12-13-23(24)26-25-15-22-18(4)27-29(19(22)5)16-20-10-8-17(3)9-11-20/h8-15,26H,6-7,16H2,1-5H3/b25-15+. The Morgan fingerprint density at radius 1 is 1.11 bits per heavy atom. The molecule has 10 nitrogen and oxygen atoms in total. The zero-order valence-corrected chi connectivity index (χ0v) is 21.3. The number of nitro benzene ring substituents is 1. The van der Waals surface area contributed by atoms with Crippen LogP contribution in [0.2, 0.25) is 0 Å². The minimum absolute atomic E-state index is 0.154. The number of sulfonamides is 1. The number of hydrazone groups is 1. The van der Waals surface area contributed by atoms with Crippen LogP contribution in [-0.2, 0) is 16.6 Å². The zero-order chi connectivity index (χ0) is 25.8. The van der Waals surface area contributed by atoms with Crippen molar-refractivity contribution in [3.05, 3.63) is 80.7 Å². The Bertz CT molecular complexity index is 1340. The molecular weight excluding hydrogens is 468 g/mol. The monoisotopic (exact) mass is 498 g/mol. The van der Waals surface area contributed by atoms with Gasteiger partial charge in [0.25, 0.3) is 5.69 Å². The smallest absolute Gasteiger partial charge is 0.270 e. The number of non-ortho nitro benzene ring substituents is 1. The van der Waals surface area contributed by atoms with E-state index in [1.54, 1.807) is 20.1 Å². The van der Waals surface area contributed by atoms with Crippen LogP contribution in [0.5, 0.6) is 0 Å².